The SMILES string of the molecule is CCN1CCC(Cc2nc3n(n2)C(N)CCC3)C1. The molecule has 0 aliphatic carbocycles. The monoisotopic (exact) mass is 249 g/mol. The standard InChI is InChI=1S/C13H23N5/c1-2-17-7-6-10(9-17)8-12-15-13-5-3-4-11(14)18(13)16-12/h10-11H,2-9,14H2,1H3. The fourth-order valence-electron chi connectivity index (χ4n) is 3.14. The van der Waals surface area contributed by atoms with Gasteiger partial charge in [0.2, 0.25) is 0 Å². The van der Waals surface area contributed by atoms with Crippen LogP contribution in [0.1, 0.15) is 44.0 Å². The Labute approximate surface area is 108 Å². The van der Waals surface area contributed by atoms with E-state index in [4.69, 9.17) is 5.73 Å². The molecule has 2 aliphatic heterocycles. The van der Waals surface area contributed by atoms with Crippen LogP contribution in [0.25, 0.3) is 0 Å². The summed E-state index contributed by atoms with van der Waals surface area (Å²) in [5, 5.41) is 4.61. The fraction of sp³-hybridized carbons (Fsp3) is 0.846. The first kappa shape index (κ1) is 12.1. The molecule has 0 aromatic carbocycles. The van der Waals surface area contributed by atoms with Crippen molar-refractivity contribution >= 4 is 0 Å². The normalized spacial score (nSPS) is 28.6. The average molecular weight is 249 g/mol. The van der Waals surface area contributed by atoms with Gasteiger partial charge in [0.1, 0.15) is 12.0 Å². The molecule has 2 aliphatic rings. The smallest absolute Gasteiger partial charge is 0.151 e. The van der Waals surface area contributed by atoms with Crippen molar-refractivity contribution in [1.29, 1.82) is 0 Å². The van der Waals surface area contributed by atoms with Gasteiger partial charge >= 0.3 is 0 Å². The summed E-state index contributed by atoms with van der Waals surface area (Å²) in [5.41, 5.74) is 6.06. The first-order valence-corrected chi connectivity index (χ1v) is 7.18. The first-order valence-electron chi connectivity index (χ1n) is 7.18. The van der Waals surface area contributed by atoms with E-state index in [9.17, 15) is 0 Å². The molecule has 1 fully saturated rings. The van der Waals surface area contributed by atoms with Gasteiger partial charge in [-0.15, -0.1) is 0 Å². The molecule has 0 radical (unpaired) electrons. The Morgan fingerprint density at radius 2 is 2.28 bits per heavy atom. The van der Waals surface area contributed by atoms with Crippen LogP contribution < -0.4 is 5.73 Å². The van der Waals surface area contributed by atoms with Crippen LogP contribution >= 0.6 is 0 Å². The van der Waals surface area contributed by atoms with E-state index in [1.54, 1.807) is 0 Å². The molecule has 3 rings (SSSR count). The van der Waals surface area contributed by atoms with Crippen LogP contribution in [-0.2, 0) is 12.8 Å². The third-order valence-corrected chi connectivity index (χ3v) is 4.25. The van der Waals surface area contributed by atoms with Gasteiger partial charge in [-0.05, 0) is 38.3 Å². The zero-order valence-corrected chi connectivity index (χ0v) is 11.2. The molecule has 18 heavy (non-hydrogen) atoms. The van der Waals surface area contributed by atoms with E-state index < -0.39 is 0 Å². The number of nitrogens with zero attached hydrogens (tertiary/aromatic N) is 4. The largest absolute Gasteiger partial charge is 0.310 e. The van der Waals surface area contributed by atoms with Crippen LogP contribution in [-0.4, -0.2) is 39.3 Å². The second kappa shape index (κ2) is 4.97. The number of rotatable bonds is 3. The van der Waals surface area contributed by atoms with Gasteiger partial charge in [-0.3, -0.25) is 0 Å². The molecule has 100 valence electrons. The lowest BCUT2D eigenvalue weighted by molar-refractivity contribution is 0.340. The lowest BCUT2D eigenvalue weighted by Crippen LogP contribution is -2.26. The Balaban J connectivity index is 1.67. The summed E-state index contributed by atoms with van der Waals surface area (Å²) in [5.74, 6) is 2.82. The lowest BCUT2D eigenvalue weighted by Gasteiger charge is -2.18. The molecule has 5 heteroatoms. The number of aromatic nitrogens is 3. The van der Waals surface area contributed by atoms with Crippen molar-refractivity contribution in [1.82, 2.24) is 19.7 Å². The van der Waals surface area contributed by atoms with Crippen LogP contribution in [0.4, 0.5) is 0 Å². The highest BCUT2D eigenvalue weighted by atomic mass is 15.4. The van der Waals surface area contributed by atoms with Crippen LogP contribution in [0.2, 0.25) is 0 Å². The highest BCUT2D eigenvalue weighted by Gasteiger charge is 2.25. The van der Waals surface area contributed by atoms with E-state index in [0.717, 1.165) is 49.8 Å². The van der Waals surface area contributed by atoms with Crippen LogP contribution in [0.15, 0.2) is 0 Å². The maximum absolute atomic E-state index is 6.06. The Bertz CT molecular complexity index is 414. The summed E-state index contributed by atoms with van der Waals surface area (Å²) in [6.45, 7) is 5.82. The quantitative estimate of drug-likeness (QED) is 0.866. The summed E-state index contributed by atoms with van der Waals surface area (Å²) in [7, 11) is 0. The molecule has 1 aromatic heterocycles. The maximum atomic E-state index is 6.06. The number of likely N-dealkylation sites (tertiary alicyclic amines) is 1. The molecule has 2 N–H and O–H groups in total. The molecule has 0 bridgehead atoms. The molecular formula is C13H23N5. The molecule has 0 spiro atoms. The van der Waals surface area contributed by atoms with E-state index in [2.05, 4.69) is 21.9 Å². The van der Waals surface area contributed by atoms with Gasteiger partial charge in [-0.25, -0.2) is 9.67 Å². The van der Waals surface area contributed by atoms with E-state index in [0.29, 0.717) is 0 Å². The zero-order valence-electron chi connectivity index (χ0n) is 11.2. The molecule has 5 nitrogen and oxygen atoms in total. The van der Waals surface area contributed by atoms with Crippen molar-refractivity contribution in [2.24, 2.45) is 11.7 Å². The molecule has 1 aromatic rings. The summed E-state index contributed by atoms with van der Waals surface area (Å²) in [6, 6.07) is 0. The Hall–Kier alpha value is -0.940. The third kappa shape index (κ3) is 2.29. The van der Waals surface area contributed by atoms with Crippen molar-refractivity contribution in [3.63, 3.8) is 0 Å². The number of fused-ring (bicyclic) bond motifs is 1. The predicted molar refractivity (Wildman–Crippen MR) is 70.1 cm³/mol. The van der Waals surface area contributed by atoms with Crippen LogP contribution in [0.5, 0.6) is 0 Å². The first-order chi connectivity index (χ1) is 8.76. The topological polar surface area (TPSA) is 60.0 Å². The van der Waals surface area contributed by atoms with Crippen molar-refractivity contribution in [3.8, 4) is 0 Å². The summed E-state index contributed by atoms with van der Waals surface area (Å²) < 4.78 is 1.95. The maximum Gasteiger partial charge on any atom is 0.151 e. The second-order valence-electron chi connectivity index (χ2n) is 5.60. The van der Waals surface area contributed by atoms with Gasteiger partial charge in [-0.2, -0.15) is 5.10 Å². The zero-order chi connectivity index (χ0) is 12.5. The summed E-state index contributed by atoms with van der Waals surface area (Å²) >= 11 is 0. The van der Waals surface area contributed by atoms with Gasteiger partial charge < -0.3 is 10.6 Å². The minimum Gasteiger partial charge on any atom is -0.310 e. The van der Waals surface area contributed by atoms with E-state index in [1.165, 1.54) is 19.5 Å². The molecule has 3 heterocycles. The molecular weight excluding hydrogens is 226 g/mol. The molecule has 0 saturated carbocycles. The highest BCUT2D eigenvalue weighted by molar-refractivity contribution is 4.99. The van der Waals surface area contributed by atoms with Crippen molar-refractivity contribution in [2.45, 2.75) is 45.2 Å². The molecule has 0 amide bonds. The van der Waals surface area contributed by atoms with Crippen LogP contribution in [0.3, 0.4) is 0 Å². The lowest BCUT2D eigenvalue weighted by atomic mass is 10.1. The molecule has 1 saturated heterocycles. The molecule has 2 unspecified atom stereocenters. The minimum absolute atomic E-state index is 0.0470. The Kier molecular flexibility index (Phi) is 3.35. The van der Waals surface area contributed by atoms with Gasteiger partial charge in [0, 0.05) is 19.4 Å². The number of nitrogens with two attached hydrogens (primary N) is 1. The number of aryl methyl sites for hydroxylation is 1. The van der Waals surface area contributed by atoms with Crippen molar-refractivity contribution in [3.05, 3.63) is 11.6 Å². The van der Waals surface area contributed by atoms with Gasteiger partial charge in [0.05, 0.1) is 0 Å². The van der Waals surface area contributed by atoms with E-state index >= 15 is 0 Å². The van der Waals surface area contributed by atoms with Gasteiger partial charge in [0.15, 0.2) is 5.82 Å². The summed E-state index contributed by atoms with van der Waals surface area (Å²) in [4.78, 5) is 7.18. The fourth-order valence-corrected chi connectivity index (χ4v) is 3.14. The van der Waals surface area contributed by atoms with Gasteiger partial charge in [-0.1, -0.05) is 6.92 Å². The van der Waals surface area contributed by atoms with Gasteiger partial charge in [0.25, 0.3) is 0 Å². The van der Waals surface area contributed by atoms with E-state index in [1.807, 2.05) is 4.68 Å². The van der Waals surface area contributed by atoms with Crippen molar-refractivity contribution < 1.29 is 0 Å². The average Bonchev–Trinajstić information content (AvgIpc) is 2.96. The van der Waals surface area contributed by atoms with Crippen molar-refractivity contribution in [2.75, 3.05) is 19.6 Å². The minimum atomic E-state index is 0.0470. The highest BCUT2D eigenvalue weighted by Crippen LogP contribution is 2.22. The number of hydrogen-bond acceptors (Lipinski definition) is 4. The Morgan fingerprint density at radius 3 is 3.00 bits per heavy atom. The van der Waals surface area contributed by atoms with E-state index in [-0.39, 0.29) is 6.17 Å². The second-order valence-corrected chi connectivity index (χ2v) is 5.60. The van der Waals surface area contributed by atoms with Crippen LogP contribution in [0, 0.1) is 5.92 Å². The summed E-state index contributed by atoms with van der Waals surface area (Å²) in [6.07, 6.45) is 5.56. The molecule has 2 atom stereocenters. The predicted octanol–water partition coefficient (Wildman–Crippen LogP) is 0.956. The Morgan fingerprint density at radius 1 is 1.39 bits per heavy atom. The number of hydrogen-bond donors (Lipinski definition) is 1. The third-order valence-electron chi connectivity index (χ3n) is 4.25.